The summed E-state index contributed by atoms with van der Waals surface area (Å²) in [6.45, 7) is 1.03. The lowest BCUT2D eigenvalue weighted by Gasteiger charge is -2.06. The Kier molecular flexibility index (Phi) is 4.93. The highest BCUT2D eigenvalue weighted by atomic mass is 19.4. The maximum Gasteiger partial charge on any atom is 0.416 e. The van der Waals surface area contributed by atoms with Crippen LogP contribution in [0.1, 0.15) is 28.7 Å². The molecule has 0 aliphatic rings. The van der Waals surface area contributed by atoms with Gasteiger partial charge in [-0.25, -0.2) is 4.39 Å². The number of carbonyl (C=O) groups excluding carboxylic acids is 1. The second-order valence-corrected chi connectivity index (χ2v) is 5.58. The van der Waals surface area contributed by atoms with Crippen molar-refractivity contribution in [2.75, 3.05) is 0 Å². The van der Waals surface area contributed by atoms with Crippen LogP contribution in [0.4, 0.5) is 17.6 Å². The minimum absolute atomic E-state index is 0.00142. The number of rotatable bonds is 5. The molecule has 140 valence electrons. The first kappa shape index (κ1) is 18.6. The summed E-state index contributed by atoms with van der Waals surface area (Å²) in [6, 6.07) is 8.24. The average molecular weight is 380 g/mol. The van der Waals surface area contributed by atoms with Crippen molar-refractivity contribution >= 4 is 5.78 Å². The molecule has 0 spiro atoms. The summed E-state index contributed by atoms with van der Waals surface area (Å²) < 4.78 is 62.3. The van der Waals surface area contributed by atoms with Gasteiger partial charge in [0.25, 0.3) is 5.89 Å². The lowest BCUT2D eigenvalue weighted by atomic mass is 10.1. The molecular weight excluding hydrogens is 368 g/mol. The molecule has 0 saturated carbocycles. The van der Waals surface area contributed by atoms with E-state index in [1.54, 1.807) is 0 Å². The van der Waals surface area contributed by atoms with E-state index in [1.165, 1.54) is 31.2 Å². The summed E-state index contributed by atoms with van der Waals surface area (Å²) >= 11 is 0. The SMILES string of the molecule is CC(=O)c1ccc(OCc2nc(-c3cccc(C(F)(F)F)c3)no2)cc1F. The second-order valence-electron chi connectivity index (χ2n) is 5.58. The van der Waals surface area contributed by atoms with E-state index in [4.69, 9.17) is 9.26 Å². The molecule has 27 heavy (non-hydrogen) atoms. The van der Waals surface area contributed by atoms with E-state index >= 15 is 0 Å². The van der Waals surface area contributed by atoms with Crippen LogP contribution in [-0.4, -0.2) is 15.9 Å². The molecule has 0 aliphatic carbocycles. The molecule has 2 aromatic carbocycles. The molecule has 0 bridgehead atoms. The number of halogens is 4. The Balaban J connectivity index is 1.72. The summed E-state index contributed by atoms with van der Waals surface area (Å²) in [5.41, 5.74) is -0.757. The number of ketones is 1. The number of hydrogen-bond acceptors (Lipinski definition) is 5. The van der Waals surface area contributed by atoms with Crippen LogP contribution in [0.15, 0.2) is 47.0 Å². The van der Waals surface area contributed by atoms with Crippen molar-refractivity contribution in [1.82, 2.24) is 10.1 Å². The number of Topliss-reactive ketones (excluding diaryl/α,β-unsaturated/α-hetero) is 1. The second kappa shape index (κ2) is 7.18. The molecule has 1 heterocycles. The number of carbonyl (C=O) groups is 1. The van der Waals surface area contributed by atoms with Gasteiger partial charge >= 0.3 is 6.18 Å². The van der Waals surface area contributed by atoms with Crippen LogP contribution in [0.25, 0.3) is 11.4 Å². The fourth-order valence-corrected chi connectivity index (χ4v) is 2.28. The largest absolute Gasteiger partial charge is 0.484 e. The first-order valence-electron chi connectivity index (χ1n) is 7.67. The lowest BCUT2D eigenvalue weighted by molar-refractivity contribution is -0.137. The molecule has 0 aliphatic heterocycles. The Labute approximate surface area is 150 Å². The van der Waals surface area contributed by atoms with Crippen LogP contribution in [0.5, 0.6) is 5.75 Å². The molecule has 0 atom stereocenters. The van der Waals surface area contributed by atoms with E-state index in [1.807, 2.05) is 0 Å². The molecule has 0 N–H and O–H groups in total. The van der Waals surface area contributed by atoms with E-state index in [2.05, 4.69) is 10.1 Å². The molecular formula is C18H12F4N2O3. The van der Waals surface area contributed by atoms with Crippen LogP contribution in [0.3, 0.4) is 0 Å². The van der Waals surface area contributed by atoms with E-state index < -0.39 is 23.3 Å². The van der Waals surface area contributed by atoms with Gasteiger partial charge < -0.3 is 9.26 Å². The van der Waals surface area contributed by atoms with Crippen LogP contribution in [0.2, 0.25) is 0 Å². The minimum Gasteiger partial charge on any atom is -0.484 e. The Morgan fingerprint density at radius 1 is 1.19 bits per heavy atom. The molecule has 0 fully saturated rings. The third-order valence-electron chi connectivity index (χ3n) is 3.60. The highest BCUT2D eigenvalue weighted by Crippen LogP contribution is 2.31. The molecule has 9 heteroatoms. The Morgan fingerprint density at radius 3 is 2.63 bits per heavy atom. The van der Waals surface area contributed by atoms with E-state index in [0.717, 1.165) is 18.2 Å². The van der Waals surface area contributed by atoms with Gasteiger partial charge in [0.15, 0.2) is 12.4 Å². The fraction of sp³-hybridized carbons (Fsp3) is 0.167. The molecule has 0 unspecified atom stereocenters. The highest BCUT2D eigenvalue weighted by Gasteiger charge is 2.30. The van der Waals surface area contributed by atoms with Crippen LogP contribution >= 0.6 is 0 Å². The van der Waals surface area contributed by atoms with Gasteiger partial charge in [-0.1, -0.05) is 17.3 Å². The Hall–Kier alpha value is -3.23. The first-order chi connectivity index (χ1) is 12.7. The monoisotopic (exact) mass is 380 g/mol. The maximum atomic E-state index is 13.7. The molecule has 0 saturated heterocycles. The van der Waals surface area contributed by atoms with Crippen LogP contribution < -0.4 is 4.74 Å². The summed E-state index contributed by atoms with van der Waals surface area (Å²) in [7, 11) is 0. The van der Waals surface area contributed by atoms with Crippen molar-refractivity contribution < 1.29 is 31.6 Å². The predicted octanol–water partition coefficient (Wildman–Crippen LogP) is 4.68. The van der Waals surface area contributed by atoms with Gasteiger partial charge in [0.05, 0.1) is 11.1 Å². The summed E-state index contributed by atoms with van der Waals surface area (Å²) in [5, 5.41) is 3.62. The van der Waals surface area contributed by atoms with Crippen molar-refractivity contribution in [3.05, 3.63) is 65.3 Å². The number of benzene rings is 2. The summed E-state index contributed by atoms with van der Waals surface area (Å²) in [6.07, 6.45) is -4.48. The standard InChI is InChI=1S/C18H12F4N2O3/c1-10(25)14-6-5-13(8-15(14)19)26-9-16-23-17(24-27-16)11-3-2-4-12(7-11)18(20,21)22/h2-8H,9H2,1H3. The van der Waals surface area contributed by atoms with Gasteiger partial charge in [0, 0.05) is 11.6 Å². The van der Waals surface area contributed by atoms with Gasteiger partial charge in [-0.05, 0) is 31.2 Å². The number of hydrogen-bond donors (Lipinski definition) is 0. The lowest BCUT2D eigenvalue weighted by Crippen LogP contribution is -2.04. The van der Waals surface area contributed by atoms with Gasteiger partial charge in [-0.3, -0.25) is 4.79 Å². The zero-order chi connectivity index (χ0) is 19.6. The maximum absolute atomic E-state index is 13.7. The van der Waals surface area contributed by atoms with Gasteiger partial charge in [-0.2, -0.15) is 18.2 Å². The van der Waals surface area contributed by atoms with E-state index in [9.17, 15) is 22.4 Å². The average Bonchev–Trinajstić information content (AvgIpc) is 3.08. The van der Waals surface area contributed by atoms with E-state index in [-0.39, 0.29) is 35.2 Å². The minimum atomic E-state index is -4.48. The summed E-state index contributed by atoms with van der Waals surface area (Å²) in [5.74, 6) is -1.04. The molecule has 3 aromatic rings. The molecule has 3 rings (SSSR count). The Morgan fingerprint density at radius 2 is 1.96 bits per heavy atom. The normalized spacial score (nSPS) is 11.4. The highest BCUT2D eigenvalue weighted by molar-refractivity contribution is 5.94. The quantitative estimate of drug-likeness (QED) is 0.475. The number of aromatic nitrogens is 2. The molecule has 0 radical (unpaired) electrons. The van der Waals surface area contributed by atoms with Crippen molar-refractivity contribution in [2.24, 2.45) is 0 Å². The Bertz CT molecular complexity index is 983. The van der Waals surface area contributed by atoms with E-state index in [0.29, 0.717) is 0 Å². The topological polar surface area (TPSA) is 65.2 Å². The van der Waals surface area contributed by atoms with Gasteiger partial charge in [0.2, 0.25) is 5.82 Å². The van der Waals surface area contributed by atoms with Crippen molar-refractivity contribution in [3.8, 4) is 17.1 Å². The zero-order valence-electron chi connectivity index (χ0n) is 13.9. The molecule has 1 aromatic heterocycles. The molecule has 0 amide bonds. The van der Waals surface area contributed by atoms with Crippen molar-refractivity contribution in [3.63, 3.8) is 0 Å². The number of ether oxygens (including phenoxy) is 1. The predicted molar refractivity (Wildman–Crippen MR) is 85.5 cm³/mol. The van der Waals surface area contributed by atoms with Crippen molar-refractivity contribution in [2.45, 2.75) is 19.7 Å². The third kappa shape index (κ3) is 4.30. The van der Waals surface area contributed by atoms with Gasteiger partial charge in [-0.15, -0.1) is 0 Å². The molecule has 5 nitrogen and oxygen atoms in total. The zero-order valence-corrected chi connectivity index (χ0v) is 13.9. The van der Waals surface area contributed by atoms with Crippen LogP contribution in [-0.2, 0) is 12.8 Å². The van der Waals surface area contributed by atoms with Crippen molar-refractivity contribution in [1.29, 1.82) is 0 Å². The first-order valence-corrected chi connectivity index (χ1v) is 7.67. The fourth-order valence-electron chi connectivity index (χ4n) is 2.28. The van der Waals surface area contributed by atoms with Gasteiger partial charge in [0.1, 0.15) is 11.6 Å². The summed E-state index contributed by atoms with van der Waals surface area (Å²) in [4.78, 5) is 15.2. The number of alkyl halides is 3. The third-order valence-corrected chi connectivity index (χ3v) is 3.60. The van der Waals surface area contributed by atoms with Crippen LogP contribution in [0, 0.1) is 5.82 Å². The number of nitrogens with zero attached hydrogens (tertiary/aromatic N) is 2. The smallest absolute Gasteiger partial charge is 0.416 e.